The van der Waals surface area contributed by atoms with Crippen LogP contribution in [0.1, 0.15) is 12.5 Å². The Kier molecular flexibility index (Phi) is 5.62. The average Bonchev–Trinajstić information content (AvgIpc) is 2.47. The molecule has 0 amide bonds. The highest BCUT2D eigenvalue weighted by atomic mass is 79.9. The summed E-state index contributed by atoms with van der Waals surface area (Å²) in [7, 11) is -3.14. The number of sulfone groups is 1. The van der Waals surface area contributed by atoms with Gasteiger partial charge in [-0.25, -0.2) is 13.4 Å². The highest BCUT2D eigenvalue weighted by molar-refractivity contribution is 9.10. The molecule has 0 bridgehead atoms. The monoisotopic (exact) mass is 398 g/mol. The van der Waals surface area contributed by atoms with E-state index in [1.807, 2.05) is 11.0 Å². The van der Waals surface area contributed by atoms with Gasteiger partial charge < -0.3 is 4.90 Å². The van der Waals surface area contributed by atoms with Crippen molar-refractivity contribution in [3.8, 4) is 0 Å². The zero-order valence-corrected chi connectivity index (χ0v) is 15.0. The molecule has 1 aliphatic heterocycles. The molecule has 112 valence electrons. The van der Waals surface area contributed by atoms with Crippen molar-refractivity contribution in [2.75, 3.05) is 28.7 Å². The summed E-state index contributed by atoms with van der Waals surface area (Å²) in [4.78, 5) is 6.28. The Morgan fingerprint density at radius 3 is 3.00 bits per heavy atom. The highest BCUT2D eigenvalue weighted by Gasteiger charge is 2.34. The Labute approximate surface area is 137 Å². The van der Waals surface area contributed by atoms with E-state index >= 15 is 0 Å². The third-order valence-corrected chi connectivity index (χ3v) is 7.24. The van der Waals surface area contributed by atoms with Crippen LogP contribution < -0.4 is 4.90 Å². The lowest BCUT2D eigenvalue weighted by Gasteiger charge is -2.36. The second-order valence-electron chi connectivity index (χ2n) is 4.44. The number of nitrogens with zero attached hydrogens (tertiary/aromatic N) is 2. The van der Waals surface area contributed by atoms with Crippen LogP contribution in [-0.2, 0) is 15.7 Å². The van der Waals surface area contributed by atoms with Crippen LogP contribution in [0.25, 0.3) is 0 Å². The number of hydrogen-bond donors (Lipinski definition) is 0. The van der Waals surface area contributed by atoms with Crippen LogP contribution in [-0.4, -0.2) is 42.6 Å². The van der Waals surface area contributed by atoms with E-state index in [1.54, 1.807) is 24.9 Å². The first kappa shape index (κ1) is 16.4. The van der Waals surface area contributed by atoms with Crippen LogP contribution in [0, 0.1) is 0 Å². The molecule has 1 fully saturated rings. The van der Waals surface area contributed by atoms with Crippen molar-refractivity contribution in [3.63, 3.8) is 0 Å². The van der Waals surface area contributed by atoms with Gasteiger partial charge in [-0.2, -0.15) is 11.8 Å². The highest BCUT2D eigenvalue weighted by Crippen LogP contribution is 2.30. The predicted molar refractivity (Wildman–Crippen MR) is 89.4 cm³/mol. The van der Waals surface area contributed by atoms with Crippen LogP contribution in [0.4, 0.5) is 5.82 Å². The predicted octanol–water partition coefficient (Wildman–Crippen LogP) is 2.90. The van der Waals surface area contributed by atoms with Gasteiger partial charge in [0.05, 0.1) is 5.88 Å². The van der Waals surface area contributed by atoms with Gasteiger partial charge in [0.2, 0.25) is 0 Å². The van der Waals surface area contributed by atoms with Crippen molar-refractivity contribution >= 4 is 54.9 Å². The smallest absolute Gasteiger partial charge is 0.171 e. The van der Waals surface area contributed by atoms with Gasteiger partial charge in [-0.05, 0) is 22.0 Å². The Morgan fingerprint density at radius 2 is 2.35 bits per heavy atom. The number of halogens is 2. The van der Waals surface area contributed by atoms with Gasteiger partial charge in [0.1, 0.15) is 11.2 Å². The second kappa shape index (κ2) is 6.85. The molecule has 4 nitrogen and oxygen atoms in total. The molecule has 2 rings (SSSR count). The molecule has 1 aromatic rings. The molecule has 1 atom stereocenters. The van der Waals surface area contributed by atoms with E-state index in [1.165, 1.54) is 0 Å². The molecule has 0 aliphatic carbocycles. The maximum absolute atomic E-state index is 12.3. The van der Waals surface area contributed by atoms with E-state index < -0.39 is 15.2 Å². The number of thioether (sulfide) groups is 1. The molecule has 1 unspecified atom stereocenters. The fraction of sp³-hybridized carbons (Fsp3) is 0.583. The number of rotatable bonds is 4. The lowest BCUT2D eigenvalue weighted by molar-refractivity contribution is 0.578. The number of hydrogen-bond acceptors (Lipinski definition) is 5. The lowest BCUT2D eigenvalue weighted by Crippen LogP contribution is -2.48. The minimum atomic E-state index is -3.14. The van der Waals surface area contributed by atoms with Crippen LogP contribution in [0.15, 0.2) is 16.7 Å². The Hall–Kier alpha value is 0.0200. The first-order chi connectivity index (χ1) is 9.49. The van der Waals surface area contributed by atoms with Crippen molar-refractivity contribution in [1.29, 1.82) is 0 Å². The van der Waals surface area contributed by atoms with Gasteiger partial charge in [-0.1, -0.05) is 6.92 Å². The summed E-state index contributed by atoms with van der Waals surface area (Å²) in [5.41, 5.74) is 0.851. The standard InChI is InChI=1S/C12H16BrClN2O2S2/c1-2-20(17,18)11-8-19-4-3-16(11)12-9(6-14)5-10(13)7-15-12/h5,7,11H,2-4,6,8H2,1H3. The molecule has 0 saturated carbocycles. The van der Waals surface area contributed by atoms with Gasteiger partial charge in [0.25, 0.3) is 0 Å². The van der Waals surface area contributed by atoms with Crippen LogP contribution in [0.5, 0.6) is 0 Å². The summed E-state index contributed by atoms with van der Waals surface area (Å²) in [6.07, 6.45) is 1.68. The largest absolute Gasteiger partial charge is 0.338 e. The van der Waals surface area contributed by atoms with Gasteiger partial charge in [0, 0.05) is 40.0 Å². The second-order valence-corrected chi connectivity index (χ2v) is 9.22. The normalized spacial score (nSPS) is 20.1. The molecule has 1 aliphatic rings. The summed E-state index contributed by atoms with van der Waals surface area (Å²) >= 11 is 11.0. The molecule has 2 heterocycles. The molecule has 0 spiro atoms. The molecule has 1 saturated heterocycles. The zero-order chi connectivity index (χ0) is 14.8. The fourth-order valence-electron chi connectivity index (χ4n) is 2.14. The Balaban J connectivity index is 2.43. The molecular weight excluding hydrogens is 384 g/mol. The molecule has 0 radical (unpaired) electrons. The first-order valence-corrected chi connectivity index (χ1v) is 10.5. The molecule has 0 N–H and O–H groups in total. The van der Waals surface area contributed by atoms with Crippen molar-refractivity contribution in [3.05, 3.63) is 22.3 Å². The average molecular weight is 400 g/mol. The fourth-order valence-corrected chi connectivity index (χ4v) is 5.69. The molecular formula is C12H16BrClN2O2S2. The third-order valence-electron chi connectivity index (χ3n) is 3.23. The molecule has 1 aromatic heterocycles. The summed E-state index contributed by atoms with van der Waals surface area (Å²) < 4.78 is 25.4. The number of pyridine rings is 1. The van der Waals surface area contributed by atoms with Crippen molar-refractivity contribution in [2.45, 2.75) is 18.2 Å². The van der Waals surface area contributed by atoms with E-state index in [-0.39, 0.29) is 5.75 Å². The number of aromatic nitrogens is 1. The Morgan fingerprint density at radius 1 is 1.60 bits per heavy atom. The Bertz CT molecular complexity index is 583. The maximum atomic E-state index is 12.3. The minimum Gasteiger partial charge on any atom is -0.338 e. The van der Waals surface area contributed by atoms with E-state index in [2.05, 4.69) is 20.9 Å². The van der Waals surface area contributed by atoms with E-state index in [0.29, 0.717) is 24.0 Å². The SMILES string of the molecule is CCS(=O)(=O)C1CSCCN1c1ncc(Br)cc1CCl. The van der Waals surface area contributed by atoms with Gasteiger partial charge in [-0.3, -0.25) is 0 Å². The number of anilines is 1. The molecule has 8 heteroatoms. The first-order valence-electron chi connectivity index (χ1n) is 6.26. The van der Waals surface area contributed by atoms with Gasteiger partial charge in [0.15, 0.2) is 9.84 Å². The van der Waals surface area contributed by atoms with Crippen LogP contribution >= 0.6 is 39.3 Å². The van der Waals surface area contributed by atoms with Gasteiger partial charge >= 0.3 is 0 Å². The van der Waals surface area contributed by atoms with Gasteiger partial charge in [-0.15, -0.1) is 11.6 Å². The summed E-state index contributed by atoms with van der Waals surface area (Å²) in [6, 6.07) is 1.90. The minimum absolute atomic E-state index is 0.140. The summed E-state index contributed by atoms with van der Waals surface area (Å²) in [5.74, 6) is 2.61. The van der Waals surface area contributed by atoms with Crippen LogP contribution in [0.2, 0.25) is 0 Å². The lowest BCUT2D eigenvalue weighted by atomic mass is 10.2. The summed E-state index contributed by atoms with van der Waals surface area (Å²) in [6.45, 7) is 2.36. The van der Waals surface area contributed by atoms with Crippen molar-refractivity contribution in [2.24, 2.45) is 0 Å². The molecule has 20 heavy (non-hydrogen) atoms. The third kappa shape index (κ3) is 3.43. The topological polar surface area (TPSA) is 50.3 Å². The van der Waals surface area contributed by atoms with E-state index in [9.17, 15) is 8.42 Å². The summed E-state index contributed by atoms with van der Waals surface area (Å²) in [5, 5.41) is -0.512. The number of alkyl halides is 1. The van der Waals surface area contributed by atoms with E-state index in [4.69, 9.17) is 11.6 Å². The maximum Gasteiger partial charge on any atom is 0.171 e. The quantitative estimate of drug-likeness (QED) is 0.729. The zero-order valence-electron chi connectivity index (χ0n) is 11.1. The van der Waals surface area contributed by atoms with Crippen molar-refractivity contribution in [1.82, 2.24) is 4.98 Å². The van der Waals surface area contributed by atoms with Crippen molar-refractivity contribution < 1.29 is 8.42 Å². The van der Waals surface area contributed by atoms with E-state index in [0.717, 1.165) is 15.8 Å². The molecule has 0 aromatic carbocycles. The van der Waals surface area contributed by atoms with Crippen LogP contribution in [0.3, 0.4) is 0 Å².